The number of aliphatic imine (C=N–C) groups is 1. The van der Waals surface area contributed by atoms with Gasteiger partial charge in [-0.3, -0.25) is 9.59 Å². The Bertz CT molecular complexity index is 905. The average molecular weight is 872 g/mol. The van der Waals surface area contributed by atoms with E-state index >= 15 is 0 Å². The molecule has 342 valence electrons. The molecule has 58 heavy (non-hydrogen) atoms. The number of thioether (sulfide) groups is 3. The molecule has 0 saturated carbocycles. The molecule has 6 nitrogen and oxygen atoms in total. The molecule has 1 rings (SSSR count). The van der Waals surface area contributed by atoms with Crippen LogP contribution in [-0.4, -0.2) is 77.7 Å². The van der Waals surface area contributed by atoms with E-state index in [2.05, 4.69) is 20.8 Å². The smallest absolute Gasteiger partial charge is 0.306 e. The van der Waals surface area contributed by atoms with E-state index in [1.54, 1.807) is 0 Å². The van der Waals surface area contributed by atoms with Gasteiger partial charge in [0, 0.05) is 23.7 Å². The molecule has 0 aromatic carbocycles. The highest BCUT2D eigenvalue weighted by atomic mass is 32.2. The lowest BCUT2D eigenvalue weighted by molar-refractivity contribution is -0.149. The van der Waals surface area contributed by atoms with E-state index in [0.717, 1.165) is 35.2 Å². The fourth-order valence-corrected chi connectivity index (χ4v) is 10.1. The van der Waals surface area contributed by atoms with Crippen LogP contribution in [0.15, 0.2) is 4.99 Å². The number of nitrogens with zero attached hydrogens (tertiary/aromatic N) is 1. The number of esters is 2. The first-order valence-electron chi connectivity index (χ1n) is 24.8. The Balaban J connectivity index is 2.36. The van der Waals surface area contributed by atoms with Crippen molar-refractivity contribution in [2.75, 3.05) is 54.3 Å². The first kappa shape index (κ1) is 55.5. The summed E-state index contributed by atoms with van der Waals surface area (Å²) < 4.78 is 17.6. The topological polar surface area (TPSA) is 74.2 Å². The largest absolute Gasteiger partial charge is 0.478 e. The normalized spacial score (nSPS) is 13.5. The van der Waals surface area contributed by atoms with Gasteiger partial charge in [-0.2, -0.15) is 35.3 Å². The SMILES string of the molecule is CCCCCCCCCCCCSCCC(=O)OCC1(COC(=O)CCSCCCCCCCCCCCC)COC(CCSCCCCCCCCCCCC)=N1. The van der Waals surface area contributed by atoms with Crippen LogP contribution in [0.25, 0.3) is 0 Å². The highest BCUT2D eigenvalue weighted by molar-refractivity contribution is 7.99. The van der Waals surface area contributed by atoms with Crippen LogP contribution in [0.5, 0.6) is 0 Å². The standard InChI is InChI=1S/C49H93NO5S3/c1-4-7-10-13-16-19-22-25-28-31-37-56-40-34-46-50-49(43-53-46,44-54-47(51)35-41-57-38-32-29-26-23-20-17-14-11-8-5-2)45-55-48(52)36-42-58-39-33-30-27-24-21-18-15-12-9-6-3/h4-45H2,1-3H3. The minimum Gasteiger partial charge on any atom is -0.478 e. The fourth-order valence-electron chi connectivity index (χ4n) is 7.29. The Hall–Kier alpha value is -0.540. The van der Waals surface area contributed by atoms with Crippen LogP contribution in [0, 0.1) is 0 Å². The molecule has 0 N–H and O–H groups in total. The maximum atomic E-state index is 12.8. The van der Waals surface area contributed by atoms with E-state index in [0.29, 0.717) is 18.7 Å². The number of hydrogen-bond acceptors (Lipinski definition) is 9. The van der Waals surface area contributed by atoms with Crippen molar-refractivity contribution in [3.05, 3.63) is 0 Å². The van der Waals surface area contributed by atoms with Crippen LogP contribution in [0.4, 0.5) is 0 Å². The van der Waals surface area contributed by atoms with Crippen molar-refractivity contribution in [2.45, 2.75) is 238 Å². The summed E-state index contributed by atoms with van der Waals surface area (Å²) in [5.74, 6) is 6.14. The second-order valence-electron chi connectivity index (χ2n) is 17.0. The Morgan fingerprint density at radius 1 is 0.466 bits per heavy atom. The van der Waals surface area contributed by atoms with Gasteiger partial charge in [0.2, 0.25) is 0 Å². The first-order chi connectivity index (χ1) is 28.5. The molecule has 0 aliphatic carbocycles. The third-order valence-electron chi connectivity index (χ3n) is 11.2. The Kier molecular flexibility index (Phi) is 41.2. The van der Waals surface area contributed by atoms with Crippen molar-refractivity contribution in [1.82, 2.24) is 0 Å². The van der Waals surface area contributed by atoms with Crippen LogP contribution in [0.1, 0.15) is 233 Å². The Labute approximate surface area is 372 Å². The van der Waals surface area contributed by atoms with Gasteiger partial charge >= 0.3 is 11.9 Å². The van der Waals surface area contributed by atoms with Gasteiger partial charge in [0.1, 0.15) is 19.8 Å². The molecule has 0 amide bonds. The van der Waals surface area contributed by atoms with Crippen molar-refractivity contribution in [3.8, 4) is 0 Å². The van der Waals surface area contributed by atoms with Gasteiger partial charge in [-0.05, 0) is 36.5 Å². The number of carbonyl (C=O) groups excluding carboxylic acids is 2. The zero-order chi connectivity index (χ0) is 41.9. The molecule has 0 unspecified atom stereocenters. The predicted octanol–water partition coefficient (Wildman–Crippen LogP) is 15.4. The highest BCUT2D eigenvalue weighted by Crippen LogP contribution is 2.24. The molecule has 9 heteroatoms. The molecule has 0 bridgehead atoms. The lowest BCUT2D eigenvalue weighted by atomic mass is 10.1. The molecule has 0 radical (unpaired) electrons. The molecule has 1 aliphatic rings. The predicted molar refractivity (Wildman–Crippen MR) is 259 cm³/mol. The Morgan fingerprint density at radius 3 is 1.12 bits per heavy atom. The number of carbonyl (C=O) groups is 2. The molecule has 0 atom stereocenters. The molecule has 1 heterocycles. The lowest BCUT2D eigenvalue weighted by Gasteiger charge is -2.23. The Morgan fingerprint density at radius 2 is 0.776 bits per heavy atom. The van der Waals surface area contributed by atoms with Crippen LogP contribution < -0.4 is 0 Å². The van der Waals surface area contributed by atoms with Crippen molar-refractivity contribution >= 4 is 53.1 Å². The van der Waals surface area contributed by atoms with E-state index < -0.39 is 5.54 Å². The minimum absolute atomic E-state index is 0.0883. The van der Waals surface area contributed by atoms with E-state index in [4.69, 9.17) is 19.2 Å². The van der Waals surface area contributed by atoms with Crippen LogP contribution in [0.2, 0.25) is 0 Å². The maximum absolute atomic E-state index is 12.8. The minimum atomic E-state index is -0.853. The summed E-state index contributed by atoms with van der Waals surface area (Å²) in [5, 5.41) is 0. The van der Waals surface area contributed by atoms with E-state index in [-0.39, 0.29) is 31.8 Å². The van der Waals surface area contributed by atoms with E-state index in [9.17, 15) is 9.59 Å². The highest BCUT2D eigenvalue weighted by Gasteiger charge is 2.40. The molecular formula is C49H93NO5S3. The maximum Gasteiger partial charge on any atom is 0.306 e. The second-order valence-corrected chi connectivity index (χ2v) is 20.6. The van der Waals surface area contributed by atoms with Crippen molar-refractivity contribution in [3.63, 3.8) is 0 Å². The summed E-state index contributed by atoms with van der Waals surface area (Å²) in [5.41, 5.74) is -0.853. The summed E-state index contributed by atoms with van der Waals surface area (Å²) in [4.78, 5) is 30.5. The zero-order valence-corrected chi connectivity index (χ0v) is 40.9. The summed E-state index contributed by atoms with van der Waals surface area (Å²) in [7, 11) is 0. The van der Waals surface area contributed by atoms with Gasteiger partial charge in [0.15, 0.2) is 11.4 Å². The summed E-state index contributed by atoms with van der Waals surface area (Å²) >= 11 is 5.65. The van der Waals surface area contributed by atoms with Gasteiger partial charge in [0.25, 0.3) is 0 Å². The first-order valence-corrected chi connectivity index (χ1v) is 28.3. The molecule has 0 fully saturated rings. The van der Waals surface area contributed by atoms with Crippen LogP contribution in [0.3, 0.4) is 0 Å². The van der Waals surface area contributed by atoms with E-state index in [1.165, 1.54) is 198 Å². The third-order valence-corrected chi connectivity index (χ3v) is 14.4. The number of rotatable bonds is 46. The quantitative estimate of drug-likeness (QED) is 0.0442. The monoisotopic (exact) mass is 872 g/mol. The molecule has 0 spiro atoms. The van der Waals surface area contributed by atoms with Crippen molar-refractivity contribution in [1.29, 1.82) is 0 Å². The van der Waals surface area contributed by atoms with Crippen molar-refractivity contribution < 1.29 is 23.8 Å². The van der Waals surface area contributed by atoms with Gasteiger partial charge in [-0.25, -0.2) is 4.99 Å². The van der Waals surface area contributed by atoms with Gasteiger partial charge in [0.05, 0.1) is 12.8 Å². The number of unbranched alkanes of at least 4 members (excludes halogenated alkanes) is 27. The molecular weight excluding hydrogens is 779 g/mol. The van der Waals surface area contributed by atoms with Crippen molar-refractivity contribution in [2.24, 2.45) is 4.99 Å². The summed E-state index contributed by atoms with van der Waals surface area (Å²) in [6, 6.07) is 0. The molecule has 0 aromatic heterocycles. The lowest BCUT2D eigenvalue weighted by Crippen LogP contribution is -2.41. The van der Waals surface area contributed by atoms with Crippen LogP contribution >= 0.6 is 35.3 Å². The fraction of sp³-hybridized carbons (Fsp3) is 0.939. The number of hydrogen-bond donors (Lipinski definition) is 0. The van der Waals surface area contributed by atoms with Gasteiger partial charge < -0.3 is 14.2 Å². The second kappa shape index (κ2) is 43.1. The van der Waals surface area contributed by atoms with Gasteiger partial charge in [-0.1, -0.05) is 194 Å². The third kappa shape index (κ3) is 36.1. The van der Waals surface area contributed by atoms with Gasteiger partial charge in [-0.15, -0.1) is 0 Å². The zero-order valence-electron chi connectivity index (χ0n) is 38.4. The molecule has 0 saturated heterocycles. The van der Waals surface area contributed by atoms with E-state index in [1.807, 2.05) is 35.3 Å². The van der Waals surface area contributed by atoms with Crippen LogP contribution in [-0.2, 0) is 23.8 Å². The summed E-state index contributed by atoms with van der Waals surface area (Å²) in [6.07, 6.45) is 41.9. The number of ether oxygens (including phenoxy) is 3. The average Bonchev–Trinajstić information content (AvgIpc) is 3.64. The molecule has 0 aromatic rings. The summed E-state index contributed by atoms with van der Waals surface area (Å²) in [6.45, 7) is 7.28. The molecule has 1 aliphatic heterocycles.